The van der Waals surface area contributed by atoms with Crippen molar-refractivity contribution in [2.24, 2.45) is 0 Å². The third-order valence-electron chi connectivity index (χ3n) is 2.33. The number of aliphatic hydroxyl groups excluding tert-OH is 1. The Morgan fingerprint density at radius 1 is 1.41 bits per heavy atom. The van der Waals surface area contributed by atoms with E-state index < -0.39 is 6.10 Å². The number of aromatic nitrogens is 2. The Kier molecular flexibility index (Phi) is 4.15. The predicted octanol–water partition coefficient (Wildman–Crippen LogP) is 3.31. The van der Waals surface area contributed by atoms with E-state index in [1.807, 2.05) is 31.2 Å². The van der Waals surface area contributed by atoms with Crippen molar-refractivity contribution >= 4 is 23.3 Å². The van der Waals surface area contributed by atoms with Crippen LogP contribution in [0.4, 0.5) is 0 Å². The van der Waals surface area contributed by atoms with Gasteiger partial charge < -0.3 is 5.11 Å². The van der Waals surface area contributed by atoms with Gasteiger partial charge in [-0.2, -0.15) is 4.37 Å². The lowest BCUT2D eigenvalue weighted by Gasteiger charge is -2.09. The average Bonchev–Trinajstić information content (AvgIpc) is 2.77. The fraction of sp³-hybridized carbons (Fsp3) is 0.333. The van der Waals surface area contributed by atoms with Gasteiger partial charge >= 0.3 is 0 Å². The highest BCUT2D eigenvalue weighted by atomic mass is 32.2. The predicted molar refractivity (Wildman–Crippen MR) is 70.5 cm³/mol. The van der Waals surface area contributed by atoms with Crippen LogP contribution < -0.4 is 0 Å². The Hall–Kier alpha value is -0.910. The van der Waals surface area contributed by atoms with Crippen molar-refractivity contribution in [1.29, 1.82) is 0 Å². The summed E-state index contributed by atoms with van der Waals surface area (Å²) in [4.78, 5) is 5.46. The number of aliphatic hydroxyl groups is 1. The molecule has 0 unspecified atom stereocenters. The number of hydrogen-bond donors (Lipinski definition) is 1. The largest absolute Gasteiger partial charge is 0.389 e. The summed E-state index contributed by atoms with van der Waals surface area (Å²) in [6.07, 6.45) is 0.395. The van der Waals surface area contributed by atoms with Gasteiger partial charge in [0, 0.05) is 11.3 Å². The molecule has 1 aromatic heterocycles. The van der Waals surface area contributed by atoms with Crippen LogP contribution in [-0.2, 0) is 6.42 Å². The molecule has 0 bridgehead atoms. The van der Waals surface area contributed by atoms with Gasteiger partial charge in [0.2, 0.25) is 0 Å². The van der Waals surface area contributed by atoms with Crippen LogP contribution in [0.5, 0.6) is 0 Å². The minimum atomic E-state index is -0.461. The van der Waals surface area contributed by atoms with E-state index in [1.54, 1.807) is 18.7 Å². The van der Waals surface area contributed by atoms with Crippen LogP contribution in [-0.4, -0.2) is 14.5 Å². The molecule has 0 spiro atoms. The molecule has 1 heterocycles. The highest BCUT2D eigenvalue weighted by Crippen LogP contribution is 2.33. The van der Waals surface area contributed by atoms with E-state index >= 15 is 0 Å². The Bertz CT molecular complexity index is 497. The molecule has 1 aromatic carbocycles. The molecular formula is C12H14N2OS2. The normalized spacial score (nSPS) is 12.6. The molecule has 5 heteroatoms. The first-order chi connectivity index (χ1) is 8.20. The van der Waals surface area contributed by atoms with Crippen LogP contribution in [0, 0.1) is 0 Å². The molecule has 1 atom stereocenters. The van der Waals surface area contributed by atoms with Crippen molar-refractivity contribution in [3.63, 3.8) is 0 Å². The summed E-state index contributed by atoms with van der Waals surface area (Å²) in [6.45, 7) is 3.82. The van der Waals surface area contributed by atoms with E-state index in [4.69, 9.17) is 0 Å². The van der Waals surface area contributed by atoms with Crippen molar-refractivity contribution in [2.75, 3.05) is 0 Å². The fourth-order valence-corrected chi connectivity index (χ4v) is 3.31. The number of benzene rings is 1. The average molecular weight is 266 g/mol. The molecule has 0 amide bonds. The van der Waals surface area contributed by atoms with Crippen molar-refractivity contribution < 1.29 is 5.11 Å². The van der Waals surface area contributed by atoms with E-state index in [1.165, 1.54) is 11.5 Å². The Balaban J connectivity index is 2.23. The van der Waals surface area contributed by atoms with Crippen LogP contribution >= 0.6 is 23.3 Å². The zero-order valence-corrected chi connectivity index (χ0v) is 11.4. The smallest absolute Gasteiger partial charge is 0.174 e. The van der Waals surface area contributed by atoms with Crippen LogP contribution in [0.1, 0.15) is 31.3 Å². The third kappa shape index (κ3) is 3.06. The van der Waals surface area contributed by atoms with Crippen LogP contribution in [0.15, 0.2) is 33.5 Å². The van der Waals surface area contributed by atoms with Gasteiger partial charge in [0.1, 0.15) is 5.82 Å². The van der Waals surface area contributed by atoms with Crippen LogP contribution in [0.25, 0.3) is 0 Å². The minimum Gasteiger partial charge on any atom is -0.389 e. The number of nitrogens with zero attached hydrogens (tertiary/aromatic N) is 2. The molecule has 17 heavy (non-hydrogen) atoms. The van der Waals surface area contributed by atoms with E-state index in [0.29, 0.717) is 0 Å². The van der Waals surface area contributed by atoms with Crippen molar-refractivity contribution in [3.8, 4) is 0 Å². The molecule has 2 rings (SSSR count). The lowest BCUT2D eigenvalue weighted by molar-refractivity contribution is 0.196. The topological polar surface area (TPSA) is 46.0 Å². The number of rotatable bonds is 4. The van der Waals surface area contributed by atoms with Crippen molar-refractivity contribution in [1.82, 2.24) is 9.36 Å². The maximum Gasteiger partial charge on any atom is 0.174 e. The highest BCUT2D eigenvalue weighted by molar-refractivity contribution is 8.01. The summed E-state index contributed by atoms with van der Waals surface area (Å²) in [5.74, 6) is 0.882. The van der Waals surface area contributed by atoms with Crippen molar-refractivity contribution in [3.05, 3.63) is 35.7 Å². The molecule has 1 N–H and O–H groups in total. The monoisotopic (exact) mass is 266 g/mol. The number of hydrogen-bond acceptors (Lipinski definition) is 5. The Morgan fingerprint density at radius 2 is 2.18 bits per heavy atom. The Labute approximate surface area is 109 Å². The van der Waals surface area contributed by atoms with Gasteiger partial charge in [0.25, 0.3) is 0 Å². The molecule has 0 saturated carbocycles. The number of aryl methyl sites for hydroxylation is 1. The van der Waals surface area contributed by atoms with E-state index in [9.17, 15) is 5.11 Å². The van der Waals surface area contributed by atoms with Gasteiger partial charge in [-0.1, -0.05) is 36.9 Å². The van der Waals surface area contributed by atoms with Crippen LogP contribution in [0.3, 0.4) is 0 Å². The molecule has 0 aliphatic rings. The fourth-order valence-electron chi connectivity index (χ4n) is 1.44. The van der Waals surface area contributed by atoms with E-state index in [-0.39, 0.29) is 0 Å². The molecule has 0 aliphatic heterocycles. The van der Waals surface area contributed by atoms with Gasteiger partial charge in [-0.25, -0.2) is 4.98 Å². The molecule has 0 fully saturated rings. The molecular weight excluding hydrogens is 252 g/mol. The lowest BCUT2D eigenvalue weighted by Crippen LogP contribution is -1.93. The van der Waals surface area contributed by atoms with E-state index in [2.05, 4.69) is 9.36 Å². The minimum absolute atomic E-state index is 0.461. The molecule has 0 aliphatic carbocycles. The molecule has 3 nitrogen and oxygen atoms in total. The summed E-state index contributed by atoms with van der Waals surface area (Å²) in [7, 11) is 0. The highest BCUT2D eigenvalue weighted by Gasteiger charge is 2.11. The van der Waals surface area contributed by atoms with Crippen molar-refractivity contribution in [2.45, 2.75) is 35.6 Å². The zero-order chi connectivity index (χ0) is 12.3. The second kappa shape index (κ2) is 5.62. The Morgan fingerprint density at radius 3 is 2.82 bits per heavy atom. The quantitative estimate of drug-likeness (QED) is 0.922. The lowest BCUT2D eigenvalue weighted by atomic mass is 10.1. The molecule has 0 radical (unpaired) electrons. The van der Waals surface area contributed by atoms with Gasteiger partial charge in [-0.05, 0) is 30.1 Å². The zero-order valence-electron chi connectivity index (χ0n) is 9.75. The second-order valence-electron chi connectivity index (χ2n) is 3.65. The SMILES string of the molecule is CCc1nsc(Sc2ccccc2[C@@H](C)O)n1. The summed E-state index contributed by atoms with van der Waals surface area (Å²) < 4.78 is 5.18. The molecule has 0 saturated heterocycles. The van der Waals surface area contributed by atoms with Gasteiger partial charge in [0.15, 0.2) is 4.34 Å². The third-order valence-corrected chi connectivity index (χ3v) is 4.21. The summed E-state index contributed by atoms with van der Waals surface area (Å²) >= 11 is 2.97. The standard InChI is InChI=1S/C12H14N2OS2/c1-3-11-13-12(17-14-11)16-10-7-5-4-6-9(10)8(2)15/h4-8,15H,3H2,1-2H3/t8-/m1/s1. The van der Waals surface area contributed by atoms with Crippen LogP contribution in [0.2, 0.25) is 0 Å². The van der Waals surface area contributed by atoms with Gasteiger partial charge in [-0.15, -0.1) is 0 Å². The van der Waals surface area contributed by atoms with E-state index in [0.717, 1.165) is 27.0 Å². The summed E-state index contributed by atoms with van der Waals surface area (Å²) in [5, 5.41) is 9.69. The first-order valence-corrected chi connectivity index (χ1v) is 7.07. The maximum atomic E-state index is 9.69. The summed E-state index contributed by atoms with van der Waals surface area (Å²) in [6, 6.07) is 7.84. The maximum absolute atomic E-state index is 9.69. The first-order valence-electron chi connectivity index (χ1n) is 5.48. The molecule has 2 aromatic rings. The second-order valence-corrected chi connectivity index (χ2v) is 5.69. The van der Waals surface area contributed by atoms with Gasteiger partial charge in [0.05, 0.1) is 6.10 Å². The first kappa shape index (κ1) is 12.5. The van der Waals surface area contributed by atoms with Gasteiger partial charge in [-0.3, -0.25) is 0 Å². The molecule has 90 valence electrons. The summed E-state index contributed by atoms with van der Waals surface area (Å²) in [5.41, 5.74) is 0.936.